The third-order valence-electron chi connectivity index (χ3n) is 3.68. The van der Waals surface area contributed by atoms with Crippen LogP contribution in [0.2, 0.25) is 5.15 Å². The van der Waals surface area contributed by atoms with Crippen LogP contribution in [-0.2, 0) is 4.74 Å². The lowest BCUT2D eigenvalue weighted by Gasteiger charge is -2.41. The number of nitrogens with zero attached hydrogens (tertiary/aromatic N) is 2. The van der Waals surface area contributed by atoms with Crippen molar-refractivity contribution in [3.05, 3.63) is 23.0 Å². The summed E-state index contributed by atoms with van der Waals surface area (Å²) >= 11 is 6.08. The van der Waals surface area contributed by atoms with E-state index in [1.54, 1.807) is 11.1 Å². The second-order valence-electron chi connectivity index (χ2n) is 7.13. The monoisotopic (exact) mass is 340 g/mol. The predicted octanol–water partition coefficient (Wildman–Crippen LogP) is 4.25. The Morgan fingerprint density at radius 1 is 1.48 bits per heavy atom. The lowest BCUT2D eigenvalue weighted by Crippen LogP contribution is -2.55. The summed E-state index contributed by atoms with van der Waals surface area (Å²) in [6.07, 6.45) is 2.25. The molecule has 0 spiro atoms. The number of aromatic nitrogens is 1. The van der Waals surface area contributed by atoms with Gasteiger partial charge in [0.2, 0.25) is 0 Å². The smallest absolute Gasteiger partial charge is 0.410 e. The van der Waals surface area contributed by atoms with E-state index in [2.05, 4.69) is 18.8 Å². The van der Waals surface area contributed by atoms with Crippen LogP contribution in [0.15, 0.2) is 12.3 Å². The minimum atomic E-state index is -0.482. The maximum absolute atomic E-state index is 12.1. The van der Waals surface area contributed by atoms with E-state index in [0.29, 0.717) is 24.1 Å². The number of ether oxygens (including phenoxy) is 2. The van der Waals surface area contributed by atoms with E-state index in [0.717, 1.165) is 12.0 Å². The van der Waals surface area contributed by atoms with Crippen molar-refractivity contribution < 1.29 is 14.3 Å². The van der Waals surface area contributed by atoms with E-state index in [9.17, 15) is 4.79 Å². The number of rotatable bonds is 4. The fourth-order valence-electron chi connectivity index (χ4n) is 2.30. The zero-order valence-electron chi connectivity index (χ0n) is 14.4. The first-order chi connectivity index (χ1) is 10.7. The minimum Gasteiger partial charge on any atom is -0.490 e. The van der Waals surface area contributed by atoms with Crippen LogP contribution in [0.5, 0.6) is 5.75 Å². The summed E-state index contributed by atoms with van der Waals surface area (Å²) in [5.41, 5.74) is 0.478. The summed E-state index contributed by atoms with van der Waals surface area (Å²) < 4.78 is 11.2. The van der Waals surface area contributed by atoms with Gasteiger partial charge in [0.25, 0.3) is 0 Å². The van der Waals surface area contributed by atoms with Gasteiger partial charge in [0.15, 0.2) is 0 Å². The molecule has 0 N–H and O–H groups in total. The average molecular weight is 341 g/mol. The molecule has 1 amide bonds. The Balaban J connectivity index is 1.91. The highest BCUT2D eigenvalue weighted by molar-refractivity contribution is 6.30. The van der Waals surface area contributed by atoms with Crippen molar-refractivity contribution in [3.8, 4) is 5.75 Å². The number of hydrogen-bond acceptors (Lipinski definition) is 4. The molecule has 1 aliphatic heterocycles. The Bertz CT molecular complexity index is 569. The molecular formula is C17H25ClN2O3. The van der Waals surface area contributed by atoms with Gasteiger partial charge < -0.3 is 14.4 Å². The Hall–Kier alpha value is -1.49. The molecule has 2 rings (SSSR count). The Morgan fingerprint density at radius 3 is 2.70 bits per heavy atom. The summed E-state index contributed by atoms with van der Waals surface area (Å²) in [6.45, 7) is 10.8. The van der Waals surface area contributed by atoms with E-state index in [-0.39, 0.29) is 18.1 Å². The summed E-state index contributed by atoms with van der Waals surface area (Å²) in [7, 11) is 0. The van der Waals surface area contributed by atoms with Gasteiger partial charge in [-0.05, 0) is 44.7 Å². The van der Waals surface area contributed by atoms with Crippen molar-refractivity contribution in [1.29, 1.82) is 0 Å². The van der Waals surface area contributed by atoms with Crippen LogP contribution in [-0.4, -0.2) is 40.8 Å². The lowest BCUT2D eigenvalue weighted by molar-refractivity contribution is -0.0141. The van der Waals surface area contributed by atoms with Crippen LogP contribution >= 0.6 is 11.6 Å². The summed E-state index contributed by atoms with van der Waals surface area (Å²) in [4.78, 5) is 17.9. The van der Waals surface area contributed by atoms with E-state index >= 15 is 0 Å². The highest BCUT2D eigenvalue weighted by Gasteiger charge is 2.35. The normalized spacial score (nSPS) is 17.9. The molecular weight excluding hydrogens is 316 g/mol. The van der Waals surface area contributed by atoms with E-state index in [1.807, 2.05) is 26.8 Å². The lowest BCUT2D eigenvalue weighted by atomic mass is 10.0. The van der Waals surface area contributed by atoms with Crippen LogP contribution in [0.4, 0.5) is 4.79 Å². The zero-order valence-corrected chi connectivity index (χ0v) is 15.2. The van der Waals surface area contributed by atoms with Crippen LogP contribution in [0.25, 0.3) is 0 Å². The van der Waals surface area contributed by atoms with Gasteiger partial charge in [-0.25, -0.2) is 9.78 Å². The molecule has 1 aromatic heterocycles. The molecule has 128 valence electrons. The third-order valence-corrected chi connectivity index (χ3v) is 3.99. The summed E-state index contributed by atoms with van der Waals surface area (Å²) in [6, 6.07) is 1.96. The number of halogens is 1. The van der Waals surface area contributed by atoms with Gasteiger partial charge in [-0.1, -0.05) is 25.4 Å². The molecule has 1 aromatic rings. The zero-order chi connectivity index (χ0) is 17.2. The second-order valence-corrected chi connectivity index (χ2v) is 7.49. The van der Waals surface area contributed by atoms with Crippen molar-refractivity contribution in [2.24, 2.45) is 0 Å². The average Bonchev–Trinajstić information content (AvgIpc) is 2.36. The molecule has 5 nitrogen and oxygen atoms in total. The predicted molar refractivity (Wildman–Crippen MR) is 90.2 cm³/mol. The van der Waals surface area contributed by atoms with Gasteiger partial charge in [0.05, 0.1) is 12.2 Å². The van der Waals surface area contributed by atoms with Crippen molar-refractivity contribution in [1.82, 2.24) is 9.88 Å². The fraction of sp³-hybridized carbons (Fsp3) is 0.647. The minimum absolute atomic E-state index is 0.0445. The van der Waals surface area contributed by atoms with Crippen LogP contribution in [0.3, 0.4) is 0 Å². The van der Waals surface area contributed by atoms with Gasteiger partial charge in [0, 0.05) is 6.54 Å². The van der Waals surface area contributed by atoms with Gasteiger partial charge in [-0.2, -0.15) is 0 Å². The molecule has 23 heavy (non-hydrogen) atoms. The van der Waals surface area contributed by atoms with Crippen LogP contribution in [0, 0.1) is 0 Å². The highest BCUT2D eigenvalue weighted by Crippen LogP contribution is 2.27. The van der Waals surface area contributed by atoms with Crippen LogP contribution in [0.1, 0.15) is 52.5 Å². The summed E-state index contributed by atoms with van der Waals surface area (Å²) in [5.74, 6) is 0.953. The Kier molecular flexibility index (Phi) is 5.40. The van der Waals surface area contributed by atoms with Crippen LogP contribution < -0.4 is 4.74 Å². The fourth-order valence-corrected chi connectivity index (χ4v) is 2.62. The topological polar surface area (TPSA) is 51.7 Å². The second kappa shape index (κ2) is 6.95. The number of hydrogen-bond donors (Lipinski definition) is 0. The van der Waals surface area contributed by atoms with E-state index in [4.69, 9.17) is 21.1 Å². The molecule has 2 heterocycles. The van der Waals surface area contributed by atoms with Crippen molar-refractivity contribution in [2.75, 3.05) is 13.2 Å². The molecule has 0 bridgehead atoms. The SMILES string of the molecule is CC(C)c1cc(OC[C@@H]2CCN2C(=O)OC(C)(C)C)cnc1Cl. The van der Waals surface area contributed by atoms with E-state index in [1.165, 1.54) is 0 Å². The number of amides is 1. The molecule has 0 saturated carbocycles. The van der Waals surface area contributed by atoms with Crippen molar-refractivity contribution >= 4 is 17.7 Å². The van der Waals surface area contributed by atoms with Gasteiger partial charge in [-0.3, -0.25) is 0 Å². The highest BCUT2D eigenvalue weighted by atomic mass is 35.5. The van der Waals surface area contributed by atoms with Gasteiger partial charge in [0.1, 0.15) is 23.1 Å². The molecule has 0 aliphatic carbocycles. The van der Waals surface area contributed by atoms with Crippen molar-refractivity contribution in [2.45, 2.75) is 58.6 Å². The number of carbonyl (C=O) groups excluding carboxylic acids is 1. The first-order valence-corrected chi connectivity index (χ1v) is 8.33. The quantitative estimate of drug-likeness (QED) is 0.769. The Labute approximate surface area is 142 Å². The Morgan fingerprint density at radius 2 is 2.17 bits per heavy atom. The maximum atomic E-state index is 12.1. The first-order valence-electron chi connectivity index (χ1n) is 7.95. The van der Waals surface area contributed by atoms with E-state index < -0.39 is 5.60 Å². The largest absolute Gasteiger partial charge is 0.490 e. The number of carbonyl (C=O) groups is 1. The molecule has 1 fully saturated rings. The third kappa shape index (κ3) is 4.74. The first kappa shape index (κ1) is 17.9. The molecule has 1 aliphatic rings. The maximum Gasteiger partial charge on any atom is 0.410 e. The standard InChI is InChI=1S/C17H25ClN2O3/c1-11(2)14-8-13(9-19-15(14)18)22-10-12-6-7-20(12)16(21)23-17(3,4)5/h8-9,11-12H,6-7,10H2,1-5H3/t12-/m0/s1. The molecule has 0 unspecified atom stereocenters. The van der Waals surface area contributed by atoms with Gasteiger partial charge >= 0.3 is 6.09 Å². The summed E-state index contributed by atoms with van der Waals surface area (Å²) in [5, 5.41) is 0.506. The molecule has 1 saturated heterocycles. The molecule has 0 aromatic carbocycles. The van der Waals surface area contributed by atoms with Gasteiger partial charge in [-0.15, -0.1) is 0 Å². The van der Waals surface area contributed by atoms with Crippen molar-refractivity contribution in [3.63, 3.8) is 0 Å². The number of likely N-dealkylation sites (tertiary alicyclic amines) is 1. The molecule has 6 heteroatoms. The molecule has 1 atom stereocenters. The number of pyridine rings is 1. The molecule has 0 radical (unpaired) electrons.